The van der Waals surface area contributed by atoms with Crippen molar-refractivity contribution in [3.63, 3.8) is 0 Å². The zero-order valence-electron chi connectivity index (χ0n) is 19.1. The number of pyridine rings is 1. The number of carbonyl (C=O) groups is 1. The summed E-state index contributed by atoms with van der Waals surface area (Å²) in [6.45, 7) is 1.74. The molecule has 5 rings (SSSR count). The first-order valence-corrected chi connectivity index (χ1v) is 11.4. The molecule has 0 aliphatic rings. The molecule has 0 spiro atoms. The molecule has 6 heteroatoms. The number of aromatic nitrogens is 3. The smallest absolute Gasteiger partial charge is 0.255 e. The van der Waals surface area contributed by atoms with Crippen molar-refractivity contribution in [2.75, 3.05) is 13.7 Å². The molecule has 170 valence electrons. The van der Waals surface area contributed by atoms with E-state index in [1.165, 1.54) is 5.39 Å². The molecule has 34 heavy (non-hydrogen) atoms. The predicted octanol–water partition coefficient (Wildman–Crippen LogP) is 5.33. The molecule has 3 aromatic carbocycles. The molecule has 0 radical (unpaired) electrons. The van der Waals surface area contributed by atoms with Gasteiger partial charge in [-0.25, -0.2) is 4.98 Å². The molecule has 0 atom stereocenters. The lowest BCUT2D eigenvalue weighted by Crippen LogP contribution is -2.28. The summed E-state index contributed by atoms with van der Waals surface area (Å²) in [5.41, 5.74) is 2.55. The van der Waals surface area contributed by atoms with Crippen LogP contribution in [0, 0.1) is 0 Å². The summed E-state index contributed by atoms with van der Waals surface area (Å²) in [6, 6.07) is 26.0. The first-order valence-electron chi connectivity index (χ1n) is 11.4. The van der Waals surface area contributed by atoms with Crippen molar-refractivity contribution < 1.29 is 9.53 Å². The molecule has 0 aliphatic carbocycles. The molecule has 0 N–H and O–H groups in total. The van der Waals surface area contributed by atoms with E-state index in [9.17, 15) is 4.79 Å². The minimum atomic E-state index is -0.0778. The Morgan fingerprint density at radius 2 is 1.79 bits per heavy atom. The van der Waals surface area contributed by atoms with Gasteiger partial charge in [-0.1, -0.05) is 48.5 Å². The maximum Gasteiger partial charge on any atom is 0.255 e. The number of hydrogen-bond donors (Lipinski definition) is 0. The van der Waals surface area contributed by atoms with Crippen LogP contribution < -0.4 is 4.74 Å². The minimum absolute atomic E-state index is 0.0778. The number of carbonyl (C=O) groups excluding carboxylic acids is 1. The fourth-order valence-electron chi connectivity index (χ4n) is 4.22. The van der Waals surface area contributed by atoms with Crippen LogP contribution in [-0.4, -0.2) is 39.0 Å². The zero-order chi connectivity index (χ0) is 23.3. The van der Waals surface area contributed by atoms with Gasteiger partial charge in [0, 0.05) is 31.4 Å². The van der Waals surface area contributed by atoms with Crippen LogP contribution in [0.3, 0.4) is 0 Å². The third-order valence-corrected chi connectivity index (χ3v) is 5.90. The summed E-state index contributed by atoms with van der Waals surface area (Å²) in [4.78, 5) is 23.4. The molecule has 0 aliphatic heterocycles. The summed E-state index contributed by atoms with van der Waals surface area (Å²) in [6.07, 6.45) is 4.07. The van der Waals surface area contributed by atoms with Crippen LogP contribution in [-0.2, 0) is 13.1 Å². The zero-order valence-corrected chi connectivity index (χ0v) is 19.1. The lowest BCUT2D eigenvalue weighted by molar-refractivity contribution is 0.0779. The van der Waals surface area contributed by atoms with E-state index in [0.29, 0.717) is 18.7 Å². The highest BCUT2D eigenvalue weighted by molar-refractivity contribution is 5.93. The van der Waals surface area contributed by atoms with Crippen LogP contribution >= 0.6 is 0 Å². The van der Waals surface area contributed by atoms with Gasteiger partial charge in [0.05, 0.1) is 29.7 Å². The normalized spacial score (nSPS) is 11.1. The van der Waals surface area contributed by atoms with Gasteiger partial charge in [-0.05, 0) is 42.1 Å². The second-order valence-electron chi connectivity index (χ2n) is 8.25. The third kappa shape index (κ3) is 4.48. The highest BCUT2D eigenvalue weighted by atomic mass is 16.5. The number of fused-ring (bicyclic) bond motifs is 2. The Hall–Kier alpha value is -4.19. The molecular weight excluding hydrogens is 424 g/mol. The molecule has 2 aromatic heterocycles. The number of hydrogen-bond acceptors (Lipinski definition) is 4. The SMILES string of the molecule is CN(Cc1nc2ccccc2n1CCCOc1cccc2ccccc12)C(=O)c1cccnc1. The van der Waals surface area contributed by atoms with Crippen molar-refractivity contribution in [2.45, 2.75) is 19.5 Å². The Bertz CT molecular complexity index is 1420. The highest BCUT2D eigenvalue weighted by Crippen LogP contribution is 2.25. The van der Waals surface area contributed by atoms with Crippen molar-refractivity contribution in [3.05, 3.63) is 103 Å². The Labute approximate surface area is 198 Å². The van der Waals surface area contributed by atoms with Crippen molar-refractivity contribution in [2.24, 2.45) is 0 Å². The Morgan fingerprint density at radius 3 is 2.68 bits per heavy atom. The lowest BCUT2D eigenvalue weighted by atomic mass is 10.1. The number of benzene rings is 3. The fourth-order valence-corrected chi connectivity index (χ4v) is 4.22. The molecule has 6 nitrogen and oxygen atoms in total. The van der Waals surface area contributed by atoms with E-state index in [1.807, 2.05) is 42.5 Å². The molecule has 5 aromatic rings. The largest absolute Gasteiger partial charge is 0.493 e. The Balaban J connectivity index is 1.30. The number of para-hydroxylation sites is 2. The average molecular weight is 451 g/mol. The Morgan fingerprint density at radius 1 is 0.971 bits per heavy atom. The number of imidazole rings is 1. The van der Waals surface area contributed by atoms with Gasteiger partial charge in [-0.15, -0.1) is 0 Å². The molecule has 0 unspecified atom stereocenters. The lowest BCUT2D eigenvalue weighted by Gasteiger charge is -2.18. The molecule has 1 amide bonds. The van der Waals surface area contributed by atoms with E-state index in [2.05, 4.69) is 33.8 Å². The van der Waals surface area contributed by atoms with Crippen LogP contribution in [0.25, 0.3) is 21.8 Å². The number of nitrogens with zero attached hydrogens (tertiary/aromatic N) is 4. The summed E-state index contributed by atoms with van der Waals surface area (Å²) >= 11 is 0. The first-order chi connectivity index (χ1) is 16.7. The first kappa shape index (κ1) is 21.6. The number of rotatable bonds is 8. The molecule has 2 heterocycles. The van der Waals surface area contributed by atoms with Gasteiger partial charge in [0.2, 0.25) is 0 Å². The van der Waals surface area contributed by atoms with Crippen LogP contribution in [0.4, 0.5) is 0 Å². The van der Waals surface area contributed by atoms with Gasteiger partial charge >= 0.3 is 0 Å². The minimum Gasteiger partial charge on any atom is -0.493 e. The molecular formula is C28H26N4O2. The van der Waals surface area contributed by atoms with Gasteiger partial charge in [-0.3, -0.25) is 9.78 Å². The predicted molar refractivity (Wildman–Crippen MR) is 134 cm³/mol. The standard InChI is InChI=1S/C28H26N4O2/c1-31(28(33)22-11-7-16-29-19-22)20-27-30-24-13-4-5-14-25(24)32(27)17-8-18-34-26-15-6-10-21-9-2-3-12-23(21)26/h2-7,9-16,19H,8,17-18,20H2,1H3. The quantitative estimate of drug-likeness (QED) is 0.300. The van der Waals surface area contributed by atoms with Crippen LogP contribution in [0.15, 0.2) is 91.3 Å². The van der Waals surface area contributed by atoms with Crippen molar-refractivity contribution in [1.29, 1.82) is 0 Å². The van der Waals surface area contributed by atoms with Gasteiger partial charge in [-0.2, -0.15) is 0 Å². The number of aryl methyl sites for hydroxylation is 1. The molecule has 0 fully saturated rings. The van der Waals surface area contributed by atoms with Crippen LogP contribution in [0.1, 0.15) is 22.6 Å². The van der Waals surface area contributed by atoms with Crippen LogP contribution in [0.5, 0.6) is 5.75 Å². The maximum absolute atomic E-state index is 12.8. The summed E-state index contributed by atoms with van der Waals surface area (Å²) in [5.74, 6) is 1.67. The monoisotopic (exact) mass is 450 g/mol. The van der Waals surface area contributed by atoms with Gasteiger partial charge < -0.3 is 14.2 Å². The fraction of sp³-hybridized carbons (Fsp3) is 0.179. The van der Waals surface area contributed by atoms with Gasteiger partial charge in [0.15, 0.2) is 0 Å². The Kier molecular flexibility index (Phi) is 6.21. The van der Waals surface area contributed by atoms with Crippen LogP contribution in [0.2, 0.25) is 0 Å². The van der Waals surface area contributed by atoms with Gasteiger partial charge in [0.1, 0.15) is 11.6 Å². The molecule has 0 saturated heterocycles. The second kappa shape index (κ2) is 9.75. The van der Waals surface area contributed by atoms with E-state index >= 15 is 0 Å². The summed E-state index contributed by atoms with van der Waals surface area (Å²) in [7, 11) is 1.79. The maximum atomic E-state index is 12.8. The topological polar surface area (TPSA) is 60.2 Å². The van der Waals surface area contributed by atoms with E-state index in [4.69, 9.17) is 9.72 Å². The van der Waals surface area contributed by atoms with Crippen molar-refractivity contribution in [1.82, 2.24) is 19.4 Å². The highest BCUT2D eigenvalue weighted by Gasteiger charge is 2.17. The van der Waals surface area contributed by atoms with Crippen molar-refractivity contribution >= 4 is 27.7 Å². The summed E-state index contributed by atoms with van der Waals surface area (Å²) < 4.78 is 8.33. The third-order valence-electron chi connectivity index (χ3n) is 5.90. The van der Waals surface area contributed by atoms with Crippen molar-refractivity contribution in [3.8, 4) is 5.75 Å². The second-order valence-corrected chi connectivity index (χ2v) is 8.25. The van der Waals surface area contributed by atoms with E-state index in [0.717, 1.165) is 41.0 Å². The summed E-state index contributed by atoms with van der Waals surface area (Å²) in [5, 5.41) is 2.29. The number of amides is 1. The van der Waals surface area contributed by atoms with E-state index in [1.54, 1.807) is 36.5 Å². The van der Waals surface area contributed by atoms with E-state index < -0.39 is 0 Å². The van der Waals surface area contributed by atoms with E-state index in [-0.39, 0.29) is 5.91 Å². The molecule has 0 bridgehead atoms. The van der Waals surface area contributed by atoms with Gasteiger partial charge in [0.25, 0.3) is 5.91 Å². The average Bonchev–Trinajstić information content (AvgIpc) is 3.23. The number of ether oxygens (including phenoxy) is 1. The molecule has 0 saturated carbocycles.